The smallest absolute Gasteiger partial charge is 0.130 e. The second kappa shape index (κ2) is 4.40. The van der Waals surface area contributed by atoms with Gasteiger partial charge in [0, 0.05) is 0 Å². The van der Waals surface area contributed by atoms with E-state index in [2.05, 4.69) is 19.9 Å². The molecule has 0 saturated heterocycles. The van der Waals surface area contributed by atoms with Gasteiger partial charge in [0.15, 0.2) is 0 Å². The highest BCUT2D eigenvalue weighted by Gasteiger charge is 2.03. The van der Waals surface area contributed by atoms with Crippen LogP contribution in [0.25, 0.3) is 0 Å². The van der Waals surface area contributed by atoms with Crippen molar-refractivity contribution in [3.63, 3.8) is 0 Å². The summed E-state index contributed by atoms with van der Waals surface area (Å²) in [5.41, 5.74) is 3.29. The predicted octanol–water partition coefficient (Wildman–Crippen LogP) is 4.28. The Morgan fingerprint density at radius 2 is 1.69 bits per heavy atom. The maximum absolute atomic E-state index is 5.83. The third kappa shape index (κ3) is 2.25. The summed E-state index contributed by atoms with van der Waals surface area (Å²) in [6.07, 6.45) is 0. The van der Waals surface area contributed by atoms with Gasteiger partial charge in [0.1, 0.15) is 11.5 Å². The molecule has 0 unspecified atom stereocenters. The molecule has 1 radical (unpaired) electrons. The van der Waals surface area contributed by atoms with E-state index < -0.39 is 0 Å². The minimum absolute atomic E-state index is 0.814. The third-order valence-corrected chi connectivity index (χ3v) is 2.52. The summed E-state index contributed by atoms with van der Waals surface area (Å²) >= 11 is 0. The number of aryl methyl sites for hydroxylation is 2. The molecule has 0 aromatic heterocycles. The molecule has 0 heterocycles. The van der Waals surface area contributed by atoms with Crippen molar-refractivity contribution in [1.82, 2.24) is 0 Å². The molecule has 2 aromatic rings. The summed E-state index contributed by atoms with van der Waals surface area (Å²) in [4.78, 5) is 0. The average molecular weight is 211 g/mol. The number of hydrogen-bond acceptors (Lipinski definition) is 1. The standard InChI is InChI=1S/C15H15O/c1-11-8-9-15(13(3)10-11)16-14-7-5-4-6-12(14)2/h4-10H,2H2,1,3H3. The second-order valence-electron chi connectivity index (χ2n) is 3.98. The van der Waals surface area contributed by atoms with Crippen LogP contribution < -0.4 is 4.74 Å². The zero-order valence-electron chi connectivity index (χ0n) is 9.66. The maximum atomic E-state index is 5.83. The van der Waals surface area contributed by atoms with Crippen molar-refractivity contribution in [3.05, 3.63) is 66.1 Å². The number of hydrogen-bond donors (Lipinski definition) is 0. The van der Waals surface area contributed by atoms with Gasteiger partial charge >= 0.3 is 0 Å². The van der Waals surface area contributed by atoms with Crippen LogP contribution in [-0.2, 0) is 0 Å². The van der Waals surface area contributed by atoms with E-state index in [1.54, 1.807) is 0 Å². The summed E-state index contributed by atoms with van der Waals surface area (Å²) in [5, 5.41) is 0. The molecule has 0 atom stereocenters. The van der Waals surface area contributed by atoms with Crippen molar-refractivity contribution in [1.29, 1.82) is 0 Å². The van der Waals surface area contributed by atoms with Gasteiger partial charge in [-0.3, -0.25) is 0 Å². The third-order valence-electron chi connectivity index (χ3n) is 2.52. The van der Waals surface area contributed by atoms with Crippen molar-refractivity contribution < 1.29 is 4.74 Å². The van der Waals surface area contributed by atoms with E-state index >= 15 is 0 Å². The Morgan fingerprint density at radius 3 is 2.38 bits per heavy atom. The second-order valence-corrected chi connectivity index (χ2v) is 3.98. The molecule has 1 nitrogen and oxygen atoms in total. The lowest BCUT2D eigenvalue weighted by atomic mass is 10.1. The van der Waals surface area contributed by atoms with Gasteiger partial charge in [-0.2, -0.15) is 0 Å². The molecule has 0 aliphatic rings. The molecule has 1 heteroatoms. The minimum Gasteiger partial charge on any atom is -0.457 e. The largest absolute Gasteiger partial charge is 0.457 e. The quantitative estimate of drug-likeness (QED) is 0.720. The van der Waals surface area contributed by atoms with E-state index in [4.69, 9.17) is 4.74 Å². The molecular weight excluding hydrogens is 196 g/mol. The van der Waals surface area contributed by atoms with Crippen molar-refractivity contribution in [3.8, 4) is 11.5 Å². The molecule has 16 heavy (non-hydrogen) atoms. The molecular formula is C15H15O. The van der Waals surface area contributed by atoms with Crippen molar-refractivity contribution >= 4 is 0 Å². The molecule has 0 bridgehead atoms. The summed E-state index contributed by atoms with van der Waals surface area (Å²) < 4.78 is 5.83. The first kappa shape index (κ1) is 10.7. The summed E-state index contributed by atoms with van der Waals surface area (Å²) in [7, 11) is 0. The molecule has 2 aromatic carbocycles. The Morgan fingerprint density at radius 1 is 0.938 bits per heavy atom. The van der Waals surface area contributed by atoms with Crippen LogP contribution >= 0.6 is 0 Å². The molecule has 0 aliphatic heterocycles. The summed E-state index contributed by atoms with van der Waals surface area (Å²) in [5.74, 6) is 1.70. The molecule has 0 amide bonds. The normalized spacial score (nSPS) is 10.2. The van der Waals surface area contributed by atoms with E-state index in [1.807, 2.05) is 43.3 Å². The van der Waals surface area contributed by atoms with E-state index in [-0.39, 0.29) is 0 Å². The van der Waals surface area contributed by atoms with Crippen LogP contribution in [0.5, 0.6) is 11.5 Å². The van der Waals surface area contributed by atoms with Gasteiger partial charge in [-0.05, 0) is 44.0 Å². The maximum Gasteiger partial charge on any atom is 0.130 e. The van der Waals surface area contributed by atoms with Gasteiger partial charge in [-0.15, -0.1) is 0 Å². The minimum atomic E-state index is 0.814. The SMILES string of the molecule is [CH2]c1ccccc1Oc1ccc(C)cc1C. The van der Waals surface area contributed by atoms with Crippen LogP contribution in [0.3, 0.4) is 0 Å². The molecule has 0 N–H and O–H groups in total. The fraction of sp³-hybridized carbons (Fsp3) is 0.133. The average Bonchev–Trinajstić information content (AvgIpc) is 2.25. The van der Waals surface area contributed by atoms with Crippen molar-refractivity contribution in [2.24, 2.45) is 0 Å². The predicted molar refractivity (Wildman–Crippen MR) is 66.9 cm³/mol. The zero-order chi connectivity index (χ0) is 11.5. The topological polar surface area (TPSA) is 9.23 Å². The fourth-order valence-electron chi connectivity index (χ4n) is 1.64. The molecule has 0 aliphatic carbocycles. The Hall–Kier alpha value is -1.76. The number of para-hydroxylation sites is 1. The van der Waals surface area contributed by atoms with E-state index in [0.29, 0.717) is 0 Å². The highest BCUT2D eigenvalue weighted by atomic mass is 16.5. The number of ether oxygens (including phenoxy) is 1. The van der Waals surface area contributed by atoms with E-state index in [9.17, 15) is 0 Å². The molecule has 0 spiro atoms. The Bertz CT molecular complexity index is 501. The number of benzene rings is 2. The summed E-state index contributed by atoms with van der Waals surface area (Å²) in [6, 6.07) is 13.9. The van der Waals surface area contributed by atoms with Gasteiger partial charge in [-0.25, -0.2) is 0 Å². The highest BCUT2D eigenvalue weighted by molar-refractivity contribution is 5.43. The summed E-state index contributed by atoms with van der Waals surface area (Å²) in [6.45, 7) is 8.06. The first-order valence-electron chi connectivity index (χ1n) is 5.33. The Labute approximate surface area is 96.7 Å². The molecule has 0 saturated carbocycles. The lowest BCUT2D eigenvalue weighted by Gasteiger charge is -2.11. The monoisotopic (exact) mass is 211 g/mol. The molecule has 2 rings (SSSR count). The molecule has 81 valence electrons. The van der Waals surface area contributed by atoms with Gasteiger partial charge in [0.05, 0.1) is 0 Å². The van der Waals surface area contributed by atoms with Crippen molar-refractivity contribution in [2.75, 3.05) is 0 Å². The highest BCUT2D eigenvalue weighted by Crippen LogP contribution is 2.27. The first-order valence-corrected chi connectivity index (χ1v) is 5.33. The van der Waals surface area contributed by atoms with E-state index in [1.165, 1.54) is 5.56 Å². The van der Waals surface area contributed by atoms with Crippen LogP contribution in [0.15, 0.2) is 42.5 Å². The van der Waals surface area contributed by atoms with Crippen LogP contribution in [0.4, 0.5) is 0 Å². The van der Waals surface area contributed by atoms with Crippen LogP contribution in [-0.4, -0.2) is 0 Å². The molecule has 0 fully saturated rings. The van der Waals surface area contributed by atoms with Gasteiger partial charge in [0.2, 0.25) is 0 Å². The van der Waals surface area contributed by atoms with Gasteiger partial charge in [0.25, 0.3) is 0 Å². The van der Waals surface area contributed by atoms with E-state index in [0.717, 1.165) is 22.6 Å². The van der Waals surface area contributed by atoms with Gasteiger partial charge in [-0.1, -0.05) is 35.9 Å². The van der Waals surface area contributed by atoms with Gasteiger partial charge < -0.3 is 4.74 Å². The Balaban J connectivity index is 2.31. The van der Waals surface area contributed by atoms with Crippen LogP contribution in [0, 0.1) is 20.8 Å². The Kier molecular flexibility index (Phi) is 2.95. The van der Waals surface area contributed by atoms with Crippen molar-refractivity contribution in [2.45, 2.75) is 13.8 Å². The lowest BCUT2D eigenvalue weighted by molar-refractivity contribution is 0.476. The zero-order valence-corrected chi connectivity index (χ0v) is 9.66. The fourth-order valence-corrected chi connectivity index (χ4v) is 1.64. The first-order chi connectivity index (χ1) is 7.66. The number of rotatable bonds is 2. The van der Waals surface area contributed by atoms with Crippen LogP contribution in [0.2, 0.25) is 0 Å². The van der Waals surface area contributed by atoms with Crippen LogP contribution in [0.1, 0.15) is 16.7 Å². The lowest BCUT2D eigenvalue weighted by Crippen LogP contribution is -1.90.